The van der Waals surface area contributed by atoms with E-state index < -0.39 is 0 Å². The van der Waals surface area contributed by atoms with Gasteiger partial charge in [-0.2, -0.15) is 0 Å². The van der Waals surface area contributed by atoms with Crippen LogP contribution in [0.2, 0.25) is 0 Å². The summed E-state index contributed by atoms with van der Waals surface area (Å²) in [7, 11) is 4.45. The SMILES string of the molecule is CC(N)CCCN(C)CC1CCN(C)C1. The number of likely N-dealkylation sites (tertiary alicyclic amines) is 1. The Morgan fingerprint density at radius 2 is 2.27 bits per heavy atom. The first-order valence-corrected chi connectivity index (χ1v) is 6.20. The van der Waals surface area contributed by atoms with Gasteiger partial charge in [0.05, 0.1) is 0 Å². The number of rotatable bonds is 6. The molecule has 1 aliphatic rings. The molecule has 1 rings (SSSR count). The smallest absolute Gasteiger partial charge is 0.00193 e. The van der Waals surface area contributed by atoms with Crippen LogP contribution in [0.25, 0.3) is 0 Å². The van der Waals surface area contributed by atoms with E-state index in [0.29, 0.717) is 6.04 Å². The van der Waals surface area contributed by atoms with Crippen LogP contribution in [0, 0.1) is 5.92 Å². The van der Waals surface area contributed by atoms with Crippen LogP contribution >= 0.6 is 0 Å². The Kier molecular flexibility index (Phi) is 5.58. The monoisotopic (exact) mass is 213 g/mol. The van der Waals surface area contributed by atoms with Crippen molar-refractivity contribution in [1.82, 2.24) is 9.80 Å². The van der Waals surface area contributed by atoms with Crippen molar-refractivity contribution in [3.05, 3.63) is 0 Å². The Morgan fingerprint density at radius 1 is 1.53 bits per heavy atom. The van der Waals surface area contributed by atoms with E-state index in [0.717, 1.165) is 12.3 Å². The summed E-state index contributed by atoms with van der Waals surface area (Å²) in [5, 5.41) is 0. The second kappa shape index (κ2) is 6.46. The number of hydrogen-bond acceptors (Lipinski definition) is 3. The van der Waals surface area contributed by atoms with E-state index in [-0.39, 0.29) is 0 Å². The lowest BCUT2D eigenvalue weighted by atomic mass is 10.1. The Hall–Kier alpha value is -0.120. The van der Waals surface area contributed by atoms with Crippen molar-refractivity contribution >= 4 is 0 Å². The zero-order valence-corrected chi connectivity index (χ0v) is 10.6. The summed E-state index contributed by atoms with van der Waals surface area (Å²) < 4.78 is 0. The van der Waals surface area contributed by atoms with Crippen molar-refractivity contribution in [2.24, 2.45) is 11.7 Å². The summed E-state index contributed by atoms with van der Waals surface area (Å²) in [6, 6.07) is 0.357. The predicted octanol–water partition coefficient (Wildman–Crippen LogP) is 0.997. The van der Waals surface area contributed by atoms with Crippen LogP contribution in [-0.2, 0) is 0 Å². The van der Waals surface area contributed by atoms with Gasteiger partial charge in [0.25, 0.3) is 0 Å². The summed E-state index contributed by atoms with van der Waals surface area (Å²) in [5.74, 6) is 0.885. The normalized spacial score (nSPS) is 25.0. The Labute approximate surface area is 94.6 Å². The lowest BCUT2D eigenvalue weighted by Crippen LogP contribution is -2.29. The van der Waals surface area contributed by atoms with Gasteiger partial charge in [0.2, 0.25) is 0 Å². The summed E-state index contributed by atoms with van der Waals surface area (Å²) in [5.41, 5.74) is 5.74. The van der Waals surface area contributed by atoms with Gasteiger partial charge < -0.3 is 15.5 Å². The molecular formula is C12H27N3. The van der Waals surface area contributed by atoms with Crippen molar-refractivity contribution in [2.45, 2.75) is 32.2 Å². The molecule has 2 unspecified atom stereocenters. The summed E-state index contributed by atoms with van der Waals surface area (Å²) >= 11 is 0. The van der Waals surface area contributed by atoms with Gasteiger partial charge in [-0.25, -0.2) is 0 Å². The lowest BCUT2D eigenvalue weighted by Gasteiger charge is -2.21. The molecule has 0 aliphatic carbocycles. The van der Waals surface area contributed by atoms with Crippen LogP contribution in [0.15, 0.2) is 0 Å². The molecule has 2 N–H and O–H groups in total. The maximum atomic E-state index is 5.74. The fourth-order valence-corrected chi connectivity index (χ4v) is 2.39. The number of hydrogen-bond donors (Lipinski definition) is 1. The van der Waals surface area contributed by atoms with Crippen molar-refractivity contribution in [2.75, 3.05) is 40.3 Å². The van der Waals surface area contributed by atoms with Gasteiger partial charge >= 0.3 is 0 Å². The fourth-order valence-electron chi connectivity index (χ4n) is 2.39. The molecule has 3 heteroatoms. The van der Waals surface area contributed by atoms with Gasteiger partial charge in [-0.15, -0.1) is 0 Å². The first-order valence-electron chi connectivity index (χ1n) is 6.20. The van der Waals surface area contributed by atoms with E-state index in [9.17, 15) is 0 Å². The molecule has 1 fully saturated rings. The highest BCUT2D eigenvalue weighted by molar-refractivity contribution is 4.75. The fraction of sp³-hybridized carbons (Fsp3) is 1.00. The predicted molar refractivity (Wildman–Crippen MR) is 66.0 cm³/mol. The molecule has 0 saturated carbocycles. The van der Waals surface area contributed by atoms with E-state index in [1.54, 1.807) is 0 Å². The minimum Gasteiger partial charge on any atom is -0.328 e. The quantitative estimate of drug-likeness (QED) is 0.714. The van der Waals surface area contributed by atoms with E-state index in [1.165, 1.54) is 39.0 Å². The topological polar surface area (TPSA) is 32.5 Å². The van der Waals surface area contributed by atoms with Gasteiger partial charge in [0.15, 0.2) is 0 Å². The molecule has 0 amide bonds. The van der Waals surface area contributed by atoms with Crippen LogP contribution in [0.1, 0.15) is 26.2 Å². The molecule has 3 nitrogen and oxygen atoms in total. The highest BCUT2D eigenvalue weighted by atomic mass is 15.1. The molecule has 0 aromatic rings. The third-order valence-electron chi connectivity index (χ3n) is 3.26. The van der Waals surface area contributed by atoms with Gasteiger partial charge in [-0.3, -0.25) is 0 Å². The first-order chi connectivity index (χ1) is 7.08. The molecule has 1 aliphatic heterocycles. The third kappa shape index (κ3) is 5.50. The molecule has 0 aromatic carbocycles. The highest BCUT2D eigenvalue weighted by Crippen LogP contribution is 2.15. The molecule has 0 bridgehead atoms. The minimum absolute atomic E-state index is 0.357. The van der Waals surface area contributed by atoms with E-state index in [2.05, 4.69) is 30.8 Å². The Bertz CT molecular complexity index is 170. The molecule has 15 heavy (non-hydrogen) atoms. The van der Waals surface area contributed by atoms with E-state index >= 15 is 0 Å². The largest absolute Gasteiger partial charge is 0.328 e. The molecule has 90 valence electrons. The van der Waals surface area contributed by atoms with Crippen molar-refractivity contribution in [1.29, 1.82) is 0 Å². The average Bonchev–Trinajstić information content (AvgIpc) is 2.50. The maximum Gasteiger partial charge on any atom is 0.00193 e. The second-order valence-corrected chi connectivity index (χ2v) is 5.30. The van der Waals surface area contributed by atoms with Crippen LogP contribution in [0.3, 0.4) is 0 Å². The molecule has 0 radical (unpaired) electrons. The van der Waals surface area contributed by atoms with E-state index in [1.807, 2.05) is 0 Å². The van der Waals surface area contributed by atoms with E-state index in [4.69, 9.17) is 5.73 Å². The molecule has 2 atom stereocenters. The molecule has 1 heterocycles. The lowest BCUT2D eigenvalue weighted by molar-refractivity contribution is 0.267. The van der Waals surface area contributed by atoms with Crippen molar-refractivity contribution < 1.29 is 0 Å². The summed E-state index contributed by atoms with van der Waals surface area (Å²) in [6.45, 7) is 7.09. The van der Waals surface area contributed by atoms with Crippen LogP contribution in [-0.4, -0.2) is 56.1 Å². The summed E-state index contributed by atoms with van der Waals surface area (Å²) in [4.78, 5) is 4.90. The zero-order chi connectivity index (χ0) is 11.3. The van der Waals surface area contributed by atoms with Gasteiger partial charge in [0.1, 0.15) is 0 Å². The molecule has 0 spiro atoms. The zero-order valence-electron chi connectivity index (χ0n) is 10.6. The number of nitrogens with zero attached hydrogens (tertiary/aromatic N) is 2. The Balaban J connectivity index is 2.05. The Morgan fingerprint density at radius 3 is 2.80 bits per heavy atom. The summed E-state index contributed by atoms with van der Waals surface area (Å²) in [6.07, 6.45) is 3.75. The van der Waals surface area contributed by atoms with Gasteiger partial charge in [-0.05, 0) is 59.3 Å². The van der Waals surface area contributed by atoms with Gasteiger partial charge in [0, 0.05) is 19.1 Å². The third-order valence-corrected chi connectivity index (χ3v) is 3.26. The van der Waals surface area contributed by atoms with Crippen molar-refractivity contribution in [3.63, 3.8) is 0 Å². The maximum absolute atomic E-state index is 5.74. The standard InChI is InChI=1S/C12H27N3/c1-11(13)5-4-7-14(2)9-12-6-8-15(3)10-12/h11-12H,4-10,13H2,1-3H3. The first kappa shape index (κ1) is 12.9. The number of nitrogens with two attached hydrogens (primary N) is 1. The molecular weight excluding hydrogens is 186 g/mol. The van der Waals surface area contributed by atoms with Crippen LogP contribution in [0.5, 0.6) is 0 Å². The van der Waals surface area contributed by atoms with Crippen LogP contribution < -0.4 is 5.73 Å². The average molecular weight is 213 g/mol. The molecule has 0 aromatic heterocycles. The van der Waals surface area contributed by atoms with Crippen molar-refractivity contribution in [3.8, 4) is 0 Å². The second-order valence-electron chi connectivity index (χ2n) is 5.30. The highest BCUT2D eigenvalue weighted by Gasteiger charge is 2.20. The van der Waals surface area contributed by atoms with Gasteiger partial charge in [-0.1, -0.05) is 0 Å². The van der Waals surface area contributed by atoms with Crippen LogP contribution in [0.4, 0.5) is 0 Å². The molecule has 1 saturated heterocycles. The minimum atomic E-state index is 0.357.